The first-order chi connectivity index (χ1) is 5.81. The van der Waals surface area contributed by atoms with Gasteiger partial charge in [-0.1, -0.05) is 0 Å². The number of halogens is 1. The molecule has 3 atom stereocenters. The van der Waals surface area contributed by atoms with Crippen LogP contribution in [0.1, 0.15) is 19.3 Å². The lowest BCUT2D eigenvalue weighted by atomic mass is 9.92. The summed E-state index contributed by atoms with van der Waals surface area (Å²) in [6.07, 6.45) is 2.63. The van der Waals surface area contributed by atoms with Crippen molar-refractivity contribution in [2.45, 2.75) is 31.5 Å². The lowest BCUT2D eigenvalue weighted by Gasteiger charge is -2.32. The normalized spacial score (nSPS) is 42.6. The van der Waals surface area contributed by atoms with Crippen LogP contribution < -0.4 is 0 Å². The Morgan fingerprint density at radius 3 is 2.83 bits per heavy atom. The molecule has 2 nitrogen and oxygen atoms in total. The molecule has 0 aromatic heterocycles. The third-order valence-corrected chi connectivity index (χ3v) is 3.10. The quantitative estimate of drug-likeness (QED) is 0.549. The second-order valence-corrected chi connectivity index (χ2v) is 3.83. The molecule has 2 saturated heterocycles. The van der Waals surface area contributed by atoms with Gasteiger partial charge < -0.3 is 4.79 Å². The van der Waals surface area contributed by atoms with Gasteiger partial charge in [0.2, 0.25) is 0 Å². The van der Waals surface area contributed by atoms with E-state index >= 15 is 0 Å². The van der Waals surface area contributed by atoms with Crippen LogP contribution in [0.4, 0.5) is 4.39 Å². The van der Waals surface area contributed by atoms with Gasteiger partial charge in [-0.2, -0.15) is 0 Å². The molecule has 0 saturated carbocycles. The molecule has 2 aliphatic rings. The summed E-state index contributed by atoms with van der Waals surface area (Å²) in [6.45, 7) is 1.80. The van der Waals surface area contributed by atoms with Crippen molar-refractivity contribution < 1.29 is 9.18 Å². The molecule has 12 heavy (non-hydrogen) atoms. The van der Waals surface area contributed by atoms with Gasteiger partial charge in [0.15, 0.2) is 0 Å². The molecule has 0 amide bonds. The van der Waals surface area contributed by atoms with Gasteiger partial charge in [0.25, 0.3) is 0 Å². The Balaban J connectivity index is 2.01. The highest BCUT2D eigenvalue weighted by atomic mass is 19.1. The van der Waals surface area contributed by atoms with Gasteiger partial charge >= 0.3 is 0 Å². The summed E-state index contributed by atoms with van der Waals surface area (Å²) in [5.74, 6) is 0.114. The van der Waals surface area contributed by atoms with Crippen LogP contribution in [0, 0.1) is 5.92 Å². The van der Waals surface area contributed by atoms with E-state index in [2.05, 4.69) is 4.90 Å². The molecule has 0 N–H and O–H groups in total. The Labute approximate surface area is 71.7 Å². The van der Waals surface area contributed by atoms with Crippen molar-refractivity contribution in [1.29, 1.82) is 0 Å². The van der Waals surface area contributed by atoms with E-state index in [1.165, 1.54) is 0 Å². The molecule has 68 valence electrons. The number of fused-ring (bicyclic) bond motifs is 1. The number of piperidine rings is 1. The van der Waals surface area contributed by atoms with Crippen LogP contribution in [0.3, 0.4) is 0 Å². The Morgan fingerprint density at radius 2 is 2.08 bits per heavy atom. The monoisotopic (exact) mass is 171 g/mol. The summed E-state index contributed by atoms with van der Waals surface area (Å²) in [5.41, 5.74) is 0. The van der Waals surface area contributed by atoms with E-state index in [0.717, 1.165) is 32.2 Å². The van der Waals surface area contributed by atoms with Crippen LogP contribution in [-0.2, 0) is 4.79 Å². The van der Waals surface area contributed by atoms with Crippen LogP contribution in [0.15, 0.2) is 0 Å². The van der Waals surface area contributed by atoms with Crippen molar-refractivity contribution in [3.8, 4) is 0 Å². The molecule has 0 aliphatic carbocycles. The summed E-state index contributed by atoms with van der Waals surface area (Å²) in [4.78, 5) is 12.7. The van der Waals surface area contributed by atoms with Gasteiger partial charge in [0.1, 0.15) is 12.5 Å². The Hall–Kier alpha value is -0.440. The first-order valence-electron chi connectivity index (χ1n) is 4.64. The maximum atomic E-state index is 13.2. The minimum absolute atomic E-state index is 0.0500. The van der Waals surface area contributed by atoms with Crippen LogP contribution >= 0.6 is 0 Å². The smallest absolute Gasteiger partial charge is 0.123 e. The molecular weight excluding hydrogens is 157 g/mol. The zero-order chi connectivity index (χ0) is 8.55. The van der Waals surface area contributed by atoms with Crippen LogP contribution in [0.25, 0.3) is 0 Å². The number of aldehydes is 1. The van der Waals surface area contributed by atoms with Gasteiger partial charge in [-0.3, -0.25) is 4.90 Å². The molecule has 0 aromatic carbocycles. The van der Waals surface area contributed by atoms with Crippen LogP contribution in [0.5, 0.6) is 0 Å². The predicted octanol–water partition coefficient (Wildman–Crippen LogP) is 1.01. The summed E-state index contributed by atoms with van der Waals surface area (Å²) in [6, 6.07) is 0.0500. The predicted molar refractivity (Wildman–Crippen MR) is 43.7 cm³/mol. The van der Waals surface area contributed by atoms with Crippen LogP contribution in [-0.4, -0.2) is 36.5 Å². The maximum Gasteiger partial charge on any atom is 0.123 e. The molecule has 2 aliphatic heterocycles. The molecular formula is C9H14FNO. The van der Waals surface area contributed by atoms with Crippen molar-refractivity contribution in [2.24, 2.45) is 5.92 Å². The Bertz CT molecular complexity index is 185. The highest BCUT2D eigenvalue weighted by molar-refractivity contribution is 5.53. The van der Waals surface area contributed by atoms with E-state index in [1.807, 2.05) is 0 Å². The number of hydrogen-bond donors (Lipinski definition) is 0. The number of hydrogen-bond acceptors (Lipinski definition) is 2. The zero-order valence-corrected chi connectivity index (χ0v) is 7.08. The van der Waals surface area contributed by atoms with Gasteiger partial charge in [-0.15, -0.1) is 0 Å². The highest BCUT2D eigenvalue weighted by Gasteiger charge is 2.38. The van der Waals surface area contributed by atoms with Gasteiger partial charge in [-0.25, -0.2) is 4.39 Å². The number of nitrogens with zero attached hydrogens (tertiary/aromatic N) is 1. The van der Waals surface area contributed by atoms with Crippen molar-refractivity contribution in [3.63, 3.8) is 0 Å². The molecule has 0 bridgehead atoms. The van der Waals surface area contributed by atoms with E-state index in [1.54, 1.807) is 0 Å². The van der Waals surface area contributed by atoms with E-state index in [9.17, 15) is 9.18 Å². The van der Waals surface area contributed by atoms with Crippen molar-refractivity contribution in [2.75, 3.05) is 13.1 Å². The number of alkyl halides is 1. The SMILES string of the molecule is O=CC1CCN2CCC(F)C2C1. The summed E-state index contributed by atoms with van der Waals surface area (Å²) >= 11 is 0. The van der Waals surface area contributed by atoms with Gasteiger partial charge in [-0.05, 0) is 25.8 Å². The molecule has 2 rings (SSSR count). The third kappa shape index (κ3) is 1.26. The molecule has 3 heteroatoms. The number of carbonyl (C=O) groups is 1. The van der Waals surface area contributed by atoms with Gasteiger partial charge in [0.05, 0.1) is 0 Å². The lowest BCUT2D eigenvalue weighted by molar-refractivity contribution is -0.112. The summed E-state index contributed by atoms with van der Waals surface area (Å²) in [5, 5.41) is 0. The molecule has 0 spiro atoms. The summed E-state index contributed by atoms with van der Waals surface area (Å²) < 4.78 is 13.2. The maximum absolute atomic E-state index is 13.2. The fraction of sp³-hybridized carbons (Fsp3) is 0.889. The number of carbonyl (C=O) groups excluding carboxylic acids is 1. The first-order valence-corrected chi connectivity index (χ1v) is 4.64. The van der Waals surface area contributed by atoms with E-state index in [-0.39, 0.29) is 12.0 Å². The molecule has 2 heterocycles. The zero-order valence-electron chi connectivity index (χ0n) is 7.08. The number of rotatable bonds is 1. The van der Waals surface area contributed by atoms with E-state index < -0.39 is 6.17 Å². The second-order valence-electron chi connectivity index (χ2n) is 3.83. The molecule has 0 radical (unpaired) electrons. The van der Waals surface area contributed by atoms with Crippen molar-refractivity contribution in [1.82, 2.24) is 4.90 Å². The van der Waals surface area contributed by atoms with Crippen molar-refractivity contribution >= 4 is 6.29 Å². The molecule has 3 unspecified atom stereocenters. The Morgan fingerprint density at radius 1 is 1.33 bits per heavy atom. The van der Waals surface area contributed by atoms with Gasteiger partial charge in [0, 0.05) is 18.5 Å². The summed E-state index contributed by atoms with van der Waals surface area (Å²) in [7, 11) is 0. The highest BCUT2D eigenvalue weighted by Crippen LogP contribution is 2.31. The fourth-order valence-electron chi connectivity index (χ4n) is 2.33. The standard InChI is InChI=1S/C9H14FNO/c10-8-2-4-11-3-1-7(6-12)5-9(8)11/h6-9H,1-5H2. The largest absolute Gasteiger partial charge is 0.303 e. The van der Waals surface area contributed by atoms with E-state index in [4.69, 9.17) is 0 Å². The minimum atomic E-state index is -0.687. The fourth-order valence-corrected chi connectivity index (χ4v) is 2.33. The Kier molecular flexibility index (Phi) is 2.13. The topological polar surface area (TPSA) is 20.3 Å². The average Bonchev–Trinajstić information content (AvgIpc) is 2.47. The van der Waals surface area contributed by atoms with E-state index in [0.29, 0.717) is 6.42 Å². The van der Waals surface area contributed by atoms with Crippen LogP contribution in [0.2, 0.25) is 0 Å². The third-order valence-electron chi connectivity index (χ3n) is 3.10. The molecule has 2 fully saturated rings. The minimum Gasteiger partial charge on any atom is -0.303 e. The van der Waals surface area contributed by atoms with Crippen molar-refractivity contribution in [3.05, 3.63) is 0 Å². The molecule has 0 aromatic rings. The second kappa shape index (κ2) is 3.13. The first kappa shape index (κ1) is 8.17. The average molecular weight is 171 g/mol. The lowest BCUT2D eigenvalue weighted by Crippen LogP contribution is -2.41.